The van der Waals surface area contributed by atoms with Gasteiger partial charge in [0, 0.05) is 6.04 Å². The molecule has 1 aliphatic rings. The molecule has 1 fully saturated rings. The molecular weight excluding hydrogens is 276 g/mol. The van der Waals surface area contributed by atoms with Crippen molar-refractivity contribution in [1.29, 1.82) is 0 Å². The summed E-state index contributed by atoms with van der Waals surface area (Å²) in [4.78, 5) is 39.4. The summed E-state index contributed by atoms with van der Waals surface area (Å²) in [6.45, 7) is 6.00. The van der Waals surface area contributed by atoms with Gasteiger partial charge in [-0.15, -0.1) is 11.3 Å². The van der Waals surface area contributed by atoms with Crippen LogP contribution in [-0.2, 0) is 0 Å². The van der Waals surface area contributed by atoms with Crippen LogP contribution in [-0.4, -0.2) is 15.8 Å². The van der Waals surface area contributed by atoms with Gasteiger partial charge in [-0.25, -0.2) is 4.79 Å². The molecule has 2 aromatic rings. The molecule has 20 heavy (non-hydrogen) atoms. The Morgan fingerprint density at radius 3 is 2.55 bits per heavy atom. The average Bonchev–Trinajstić information content (AvgIpc) is 2.63. The SMILES string of the molecule is Cc1c(C=O)sc2[nH]c(=O)n(C3CC(C)(C)C3)c(=O)c12. The molecule has 0 bridgehead atoms. The minimum absolute atomic E-state index is 0.0374. The van der Waals surface area contributed by atoms with Gasteiger partial charge in [0.05, 0.1) is 10.3 Å². The van der Waals surface area contributed by atoms with Crippen LogP contribution in [0.2, 0.25) is 0 Å². The average molecular weight is 292 g/mol. The molecule has 0 amide bonds. The Kier molecular flexibility index (Phi) is 2.76. The zero-order chi connectivity index (χ0) is 14.7. The highest BCUT2D eigenvalue weighted by Gasteiger charge is 2.39. The van der Waals surface area contributed by atoms with Gasteiger partial charge in [-0.1, -0.05) is 13.8 Å². The van der Waals surface area contributed by atoms with E-state index in [0.717, 1.165) is 30.5 Å². The molecule has 3 rings (SSSR count). The number of hydrogen-bond donors (Lipinski definition) is 1. The molecule has 5 nitrogen and oxygen atoms in total. The minimum Gasteiger partial charge on any atom is -0.298 e. The number of aryl methyl sites for hydroxylation is 1. The molecule has 0 spiro atoms. The fourth-order valence-electron chi connectivity index (χ4n) is 3.09. The third-order valence-corrected chi connectivity index (χ3v) is 5.24. The van der Waals surface area contributed by atoms with Crippen molar-refractivity contribution >= 4 is 27.8 Å². The van der Waals surface area contributed by atoms with Crippen molar-refractivity contribution in [1.82, 2.24) is 9.55 Å². The zero-order valence-corrected chi connectivity index (χ0v) is 12.5. The van der Waals surface area contributed by atoms with Gasteiger partial charge in [-0.05, 0) is 30.7 Å². The second-order valence-corrected chi connectivity index (χ2v) is 7.30. The van der Waals surface area contributed by atoms with Crippen molar-refractivity contribution in [3.05, 3.63) is 31.3 Å². The molecule has 0 aliphatic heterocycles. The van der Waals surface area contributed by atoms with Gasteiger partial charge in [0.25, 0.3) is 5.56 Å². The first kappa shape index (κ1) is 13.3. The van der Waals surface area contributed by atoms with Gasteiger partial charge in [0.15, 0.2) is 6.29 Å². The number of H-pyrrole nitrogens is 1. The largest absolute Gasteiger partial charge is 0.329 e. The Bertz CT molecular complexity index is 817. The molecule has 6 heteroatoms. The molecule has 1 aliphatic carbocycles. The second-order valence-electron chi connectivity index (χ2n) is 6.24. The first-order valence-corrected chi connectivity index (χ1v) is 7.39. The van der Waals surface area contributed by atoms with E-state index in [2.05, 4.69) is 18.8 Å². The molecule has 0 radical (unpaired) electrons. The van der Waals surface area contributed by atoms with Crippen LogP contribution in [0, 0.1) is 12.3 Å². The van der Waals surface area contributed by atoms with Crippen molar-refractivity contribution in [3.63, 3.8) is 0 Å². The molecule has 2 aromatic heterocycles. The van der Waals surface area contributed by atoms with E-state index in [1.807, 2.05) is 0 Å². The van der Waals surface area contributed by atoms with Crippen LogP contribution in [0.3, 0.4) is 0 Å². The first-order valence-electron chi connectivity index (χ1n) is 6.57. The standard InChI is InChI=1S/C14H16N2O3S/c1-7-9(6-17)20-11-10(7)12(18)16(13(19)15-11)8-4-14(2,3)5-8/h6,8H,4-5H2,1-3H3,(H,15,19). The van der Waals surface area contributed by atoms with Gasteiger partial charge in [-0.2, -0.15) is 0 Å². The summed E-state index contributed by atoms with van der Waals surface area (Å²) in [6, 6.07) is -0.0374. The number of aldehydes is 1. The van der Waals surface area contributed by atoms with Crippen LogP contribution in [0.5, 0.6) is 0 Å². The van der Waals surface area contributed by atoms with Crippen molar-refractivity contribution in [2.45, 2.75) is 39.7 Å². The molecule has 106 valence electrons. The van der Waals surface area contributed by atoms with Crippen LogP contribution in [0.15, 0.2) is 9.59 Å². The van der Waals surface area contributed by atoms with Crippen molar-refractivity contribution in [3.8, 4) is 0 Å². The summed E-state index contributed by atoms with van der Waals surface area (Å²) in [5.41, 5.74) is 0.199. The summed E-state index contributed by atoms with van der Waals surface area (Å²) >= 11 is 1.16. The maximum Gasteiger partial charge on any atom is 0.329 e. The number of aromatic amines is 1. The summed E-state index contributed by atoms with van der Waals surface area (Å²) in [6.07, 6.45) is 2.38. The number of nitrogens with zero attached hydrogens (tertiary/aromatic N) is 1. The zero-order valence-electron chi connectivity index (χ0n) is 11.6. The van der Waals surface area contributed by atoms with E-state index in [1.54, 1.807) is 6.92 Å². The van der Waals surface area contributed by atoms with E-state index in [0.29, 0.717) is 20.7 Å². The summed E-state index contributed by atoms with van der Waals surface area (Å²) in [7, 11) is 0. The quantitative estimate of drug-likeness (QED) is 0.863. The molecule has 1 N–H and O–H groups in total. The number of hydrogen-bond acceptors (Lipinski definition) is 4. The van der Waals surface area contributed by atoms with Crippen LogP contribution >= 0.6 is 11.3 Å². The lowest BCUT2D eigenvalue weighted by molar-refractivity contribution is 0.0985. The van der Waals surface area contributed by atoms with E-state index < -0.39 is 0 Å². The Labute approximate surface area is 119 Å². The molecule has 0 aromatic carbocycles. The third kappa shape index (κ3) is 1.78. The first-order chi connectivity index (χ1) is 9.34. The fourth-order valence-corrected chi connectivity index (χ4v) is 4.09. The third-order valence-electron chi connectivity index (χ3n) is 4.10. The molecule has 1 saturated carbocycles. The van der Waals surface area contributed by atoms with Gasteiger partial charge >= 0.3 is 5.69 Å². The summed E-state index contributed by atoms with van der Waals surface area (Å²) < 4.78 is 1.32. The van der Waals surface area contributed by atoms with Crippen LogP contribution in [0.1, 0.15) is 48.0 Å². The highest BCUT2D eigenvalue weighted by molar-refractivity contribution is 7.20. The highest BCUT2D eigenvalue weighted by atomic mass is 32.1. The van der Waals surface area contributed by atoms with Crippen LogP contribution in [0.25, 0.3) is 10.2 Å². The van der Waals surface area contributed by atoms with E-state index in [4.69, 9.17) is 0 Å². The lowest BCUT2D eigenvalue weighted by Crippen LogP contribution is -2.45. The van der Waals surface area contributed by atoms with E-state index >= 15 is 0 Å². The molecule has 0 saturated heterocycles. The number of thiophene rings is 1. The maximum atomic E-state index is 12.6. The maximum absolute atomic E-state index is 12.6. The fraction of sp³-hybridized carbons (Fsp3) is 0.500. The molecule has 2 heterocycles. The number of nitrogens with one attached hydrogen (secondary N) is 1. The summed E-state index contributed by atoms with van der Waals surface area (Å²) in [5.74, 6) is 0. The lowest BCUT2D eigenvalue weighted by Gasteiger charge is -2.42. The molecular formula is C14H16N2O3S. The summed E-state index contributed by atoms with van der Waals surface area (Å²) in [5, 5.41) is 0.474. The predicted octanol–water partition coefficient (Wildman–Crippen LogP) is 2.23. The van der Waals surface area contributed by atoms with Gasteiger partial charge in [0.2, 0.25) is 0 Å². The van der Waals surface area contributed by atoms with E-state index in [-0.39, 0.29) is 22.7 Å². The number of carbonyl (C=O) groups is 1. The monoisotopic (exact) mass is 292 g/mol. The van der Waals surface area contributed by atoms with Gasteiger partial charge in [-0.3, -0.25) is 19.1 Å². The Hall–Kier alpha value is -1.69. The number of fused-ring (bicyclic) bond motifs is 1. The van der Waals surface area contributed by atoms with E-state index in [1.165, 1.54) is 4.57 Å². The Morgan fingerprint density at radius 2 is 2.00 bits per heavy atom. The molecule has 0 atom stereocenters. The number of carbonyl (C=O) groups excluding carboxylic acids is 1. The lowest BCUT2D eigenvalue weighted by atomic mass is 9.68. The van der Waals surface area contributed by atoms with Gasteiger partial charge in [0.1, 0.15) is 4.83 Å². The Balaban J connectivity index is 2.24. The van der Waals surface area contributed by atoms with Crippen molar-refractivity contribution in [2.75, 3.05) is 0 Å². The topological polar surface area (TPSA) is 71.9 Å². The minimum atomic E-state index is -0.373. The number of aromatic nitrogens is 2. The Morgan fingerprint density at radius 1 is 1.35 bits per heavy atom. The van der Waals surface area contributed by atoms with Crippen molar-refractivity contribution in [2.24, 2.45) is 5.41 Å². The molecule has 0 unspecified atom stereocenters. The smallest absolute Gasteiger partial charge is 0.298 e. The van der Waals surface area contributed by atoms with Crippen LogP contribution < -0.4 is 11.2 Å². The normalized spacial score (nSPS) is 18.1. The van der Waals surface area contributed by atoms with Gasteiger partial charge < -0.3 is 0 Å². The van der Waals surface area contributed by atoms with E-state index in [9.17, 15) is 14.4 Å². The van der Waals surface area contributed by atoms with Crippen LogP contribution in [0.4, 0.5) is 0 Å². The second kappa shape index (κ2) is 4.15. The predicted molar refractivity (Wildman–Crippen MR) is 78.9 cm³/mol. The highest BCUT2D eigenvalue weighted by Crippen LogP contribution is 2.46. The van der Waals surface area contributed by atoms with Crippen molar-refractivity contribution < 1.29 is 4.79 Å². The number of rotatable bonds is 2.